The second kappa shape index (κ2) is 29.5. The van der Waals surface area contributed by atoms with E-state index in [1.54, 1.807) is 24.3 Å². The largest absolute Gasteiger partial charge is 0.470 e. The molecule has 402 valence electrons. The molecule has 1 aromatic heterocycles. The number of phosphoric acid groups is 2. The van der Waals surface area contributed by atoms with Crippen LogP contribution in [0, 0.1) is 0 Å². The lowest BCUT2D eigenvalue weighted by Gasteiger charge is -2.21. The molecule has 5 rings (SSSR count). The van der Waals surface area contributed by atoms with Gasteiger partial charge in [-0.05, 0) is 43.4 Å². The number of thioether (sulfide) groups is 1. The zero-order valence-corrected chi connectivity index (χ0v) is 41.7. The summed E-state index contributed by atoms with van der Waals surface area (Å²) < 4.78 is 59.8. The van der Waals surface area contributed by atoms with E-state index in [1.165, 1.54) is 12.4 Å². The van der Waals surface area contributed by atoms with Crippen molar-refractivity contribution in [1.29, 1.82) is 0 Å². The van der Waals surface area contributed by atoms with Crippen molar-refractivity contribution >= 4 is 63.2 Å². The number of aromatic nitrogens is 2. The third-order valence-electron chi connectivity index (χ3n) is 11.0. The maximum Gasteiger partial charge on any atom is 0.470 e. The summed E-state index contributed by atoms with van der Waals surface area (Å²) in [4.78, 5) is 102. The molecule has 5 amide bonds. The standard InChI is InChI=1S/C41H63N9O19P2S/c42-37-28(23-50(41(56)48-37)39-35(53)36(69-71(60,61)62)30(68-39)24-67-70(57,58)59)4-3-12-44-38(54)27-9-7-26(8-10-27)22-45-49-33(52)11-14-63-16-18-65-20-21-66-19-17-64-15-13-43-32(51)6-2-1-5-31-34-29(25-72-31)46-40(55)47-34/h7-10,22-23,29-31,34-36,39,53H,1-6,11-21,24-25H2,(H,43,51)(H,44,54)(H,49,52)(H2,42,48,56)(H2,46,47,55)(H2,57,58,59)(H2,60,61,62)/b45-22+/t29-,30+,31-,34-,35?,36-,39+/m0/s1. The summed E-state index contributed by atoms with van der Waals surface area (Å²) in [6.07, 6.45) is -0.838. The van der Waals surface area contributed by atoms with Gasteiger partial charge in [-0.3, -0.25) is 28.0 Å². The lowest BCUT2D eigenvalue weighted by molar-refractivity contribution is -0.122. The summed E-state index contributed by atoms with van der Waals surface area (Å²) in [5.41, 5.74) is 8.53. The van der Waals surface area contributed by atoms with Crippen molar-refractivity contribution in [3.8, 4) is 0 Å². The zero-order chi connectivity index (χ0) is 52.1. The Kier molecular flexibility index (Phi) is 23.9. The highest BCUT2D eigenvalue weighted by Gasteiger charge is 2.49. The molecule has 0 saturated carbocycles. The van der Waals surface area contributed by atoms with E-state index in [0.717, 1.165) is 29.6 Å². The van der Waals surface area contributed by atoms with E-state index in [9.17, 15) is 48.0 Å². The molecule has 0 spiro atoms. The molecule has 2 aromatic rings. The number of aryl methyl sites for hydroxylation is 1. The molecule has 1 aromatic carbocycles. The Morgan fingerprint density at radius 3 is 2.24 bits per heavy atom. The number of anilines is 1. The molecule has 0 bridgehead atoms. The van der Waals surface area contributed by atoms with Gasteiger partial charge >= 0.3 is 27.4 Å². The smallest absolute Gasteiger partial charge is 0.386 e. The van der Waals surface area contributed by atoms with Gasteiger partial charge in [-0.1, -0.05) is 18.6 Å². The van der Waals surface area contributed by atoms with Crippen molar-refractivity contribution in [2.45, 2.75) is 86.8 Å². The highest BCUT2D eigenvalue weighted by Crippen LogP contribution is 2.45. The van der Waals surface area contributed by atoms with Gasteiger partial charge in [0.2, 0.25) is 11.8 Å². The number of carbonyl (C=O) groups is 4. The number of hydrogen-bond donors (Lipinski definition) is 11. The number of fused-ring (bicyclic) bond motifs is 1. The van der Waals surface area contributed by atoms with Gasteiger partial charge in [-0.25, -0.2) is 24.1 Å². The minimum atomic E-state index is -5.26. The van der Waals surface area contributed by atoms with Crippen molar-refractivity contribution < 1.29 is 85.7 Å². The molecule has 31 heteroatoms. The number of phosphoric ester groups is 2. The minimum Gasteiger partial charge on any atom is -0.386 e. The van der Waals surface area contributed by atoms with Crippen LogP contribution in [0.15, 0.2) is 40.4 Å². The molecule has 4 heterocycles. The van der Waals surface area contributed by atoms with Crippen LogP contribution in [0.25, 0.3) is 0 Å². The maximum absolute atomic E-state index is 12.8. The first-order chi connectivity index (χ1) is 34.4. The minimum absolute atomic E-state index is 0.00399. The highest BCUT2D eigenvalue weighted by molar-refractivity contribution is 8.00. The SMILES string of the molecule is Nc1nc(=O)n([C@@H]2O[C@H](COP(=O)(O)O)[C@H](OP(=O)(O)O)C2O)cc1CCCNC(=O)c1ccc(/C=N/NC(=O)CCOCCOCCOCCOCCNC(=O)CCCC[C@@H]2SC[C@@H]3NC(=O)N[C@@H]32)cc1. The lowest BCUT2D eigenvalue weighted by atomic mass is 10.0. The average molecular weight is 1080 g/mol. The molecule has 72 heavy (non-hydrogen) atoms. The normalized spacial score (nSPS) is 21.9. The third-order valence-corrected chi connectivity index (χ3v) is 13.5. The first-order valence-corrected chi connectivity index (χ1v) is 27.1. The summed E-state index contributed by atoms with van der Waals surface area (Å²) >= 11 is 1.87. The Bertz CT molecular complexity index is 2270. The fourth-order valence-corrected chi connectivity index (χ4v) is 9.99. The van der Waals surface area contributed by atoms with Crippen LogP contribution >= 0.6 is 27.4 Å². The number of benzene rings is 1. The molecule has 1 unspecified atom stereocenters. The number of nitrogens with two attached hydrogens (primary N) is 1. The predicted octanol–water partition coefficient (Wildman–Crippen LogP) is -1.22. The number of aliphatic hydroxyl groups is 1. The quantitative estimate of drug-likeness (QED) is 0.0131. The van der Waals surface area contributed by atoms with Crippen LogP contribution in [-0.2, 0) is 57.9 Å². The van der Waals surface area contributed by atoms with Crippen molar-refractivity contribution in [2.75, 3.05) is 84.0 Å². The molecular formula is C41H63N9O19P2S. The van der Waals surface area contributed by atoms with Crippen LogP contribution in [0.2, 0.25) is 0 Å². The summed E-state index contributed by atoms with van der Waals surface area (Å²) in [6.45, 7) is 2.24. The number of ether oxygens (including phenoxy) is 5. The number of amides is 5. The van der Waals surface area contributed by atoms with Crippen molar-refractivity contribution in [2.24, 2.45) is 5.10 Å². The number of nitrogens with zero attached hydrogens (tertiary/aromatic N) is 3. The van der Waals surface area contributed by atoms with Crippen molar-refractivity contribution in [3.05, 3.63) is 57.6 Å². The molecule has 7 atom stereocenters. The van der Waals surface area contributed by atoms with Crippen molar-refractivity contribution in [3.63, 3.8) is 0 Å². The second-order valence-electron chi connectivity index (χ2n) is 16.4. The Morgan fingerprint density at radius 2 is 1.56 bits per heavy atom. The molecular weight excluding hydrogens is 1020 g/mol. The summed E-state index contributed by atoms with van der Waals surface area (Å²) in [7, 11) is -10.3. The van der Waals surface area contributed by atoms with Gasteiger partial charge in [-0.2, -0.15) is 21.8 Å². The van der Waals surface area contributed by atoms with Crippen LogP contribution in [-0.4, -0.2) is 178 Å². The number of unbranched alkanes of at least 4 members (excludes halogenated alkanes) is 1. The van der Waals surface area contributed by atoms with Gasteiger partial charge in [0.15, 0.2) is 6.23 Å². The first kappa shape index (κ1) is 58.5. The number of urea groups is 1. The Labute approximate surface area is 417 Å². The van der Waals surface area contributed by atoms with Crippen LogP contribution in [0.1, 0.15) is 66.2 Å². The second-order valence-corrected chi connectivity index (χ2v) is 20.1. The van der Waals surface area contributed by atoms with Gasteiger partial charge in [-0.15, -0.1) is 0 Å². The third kappa shape index (κ3) is 20.5. The Balaban J connectivity index is 0.846. The predicted molar refractivity (Wildman–Crippen MR) is 255 cm³/mol. The molecule has 3 fully saturated rings. The average Bonchev–Trinajstić information content (AvgIpc) is 3.98. The number of hydrogen-bond acceptors (Lipinski definition) is 19. The Hall–Kier alpha value is -4.42. The maximum atomic E-state index is 12.8. The van der Waals surface area contributed by atoms with E-state index in [1.807, 2.05) is 11.8 Å². The van der Waals surface area contributed by atoms with Gasteiger partial charge < -0.3 is 75.4 Å². The number of carbonyl (C=O) groups excluding carboxylic acids is 4. The van der Waals surface area contributed by atoms with E-state index in [0.29, 0.717) is 75.4 Å². The number of nitrogens with one attached hydrogen (secondary N) is 5. The molecule has 12 N–H and O–H groups in total. The van der Waals surface area contributed by atoms with Gasteiger partial charge in [0, 0.05) is 47.8 Å². The summed E-state index contributed by atoms with van der Waals surface area (Å²) in [6, 6.07) is 6.66. The van der Waals surface area contributed by atoms with Gasteiger partial charge in [0.05, 0.1) is 84.2 Å². The molecule has 3 saturated heterocycles. The van der Waals surface area contributed by atoms with Crippen LogP contribution in [0.3, 0.4) is 0 Å². The van der Waals surface area contributed by atoms with Crippen LogP contribution in [0.5, 0.6) is 0 Å². The fourth-order valence-electron chi connectivity index (χ4n) is 7.53. The van der Waals surface area contributed by atoms with Crippen LogP contribution in [0.4, 0.5) is 10.6 Å². The monoisotopic (exact) mass is 1080 g/mol. The molecule has 3 aliphatic heterocycles. The summed E-state index contributed by atoms with van der Waals surface area (Å²) in [5, 5.41) is 26.6. The first-order valence-electron chi connectivity index (χ1n) is 23.0. The highest BCUT2D eigenvalue weighted by atomic mass is 32.2. The zero-order valence-electron chi connectivity index (χ0n) is 39.1. The number of rotatable bonds is 33. The number of aliphatic hydroxyl groups excluding tert-OH is 1. The molecule has 28 nitrogen and oxygen atoms in total. The molecule has 0 radical (unpaired) electrons. The van der Waals surface area contributed by atoms with Crippen molar-refractivity contribution in [1.82, 2.24) is 36.2 Å². The topological polar surface area (TPSA) is 402 Å². The molecule has 0 aliphatic carbocycles. The van der Waals surface area contributed by atoms with E-state index in [-0.39, 0.29) is 73.9 Å². The van der Waals surface area contributed by atoms with E-state index in [4.69, 9.17) is 39.2 Å². The van der Waals surface area contributed by atoms with E-state index >= 15 is 0 Å². The Morgan fingerprint density at radius 1 is 0.875 bits per heavy atom. The number of nitrogen functional groups attached to an aromatic ring is 1. The van der Waals surface area contributed by atoms with E-state index in [2.05, 4.69) is 45.8 Å². The van der Waals surface area contributed by atoms with E-state index < -0.39 is 58.4 Å². The fraction of sp³-hybridized carbons (Fsp3) is 0.634. The van der Waals surface area contributed by atoms with Crippen LogP contribution < -0.4 is 38.1 Å². The summed E-state index contributed by atoms with van der Waals surface area (Å²) in [5.74, 6) is -0.0229. The molecule has 3 aliphatic rings. The lowest BCUT2D eigenvalue weighted by Crippen LogP contribution is -2.38. The number of hydrazone groups is 1. The van der Waals surface area contributed by atoms with Gasteiger partial charge in [0.25, 0.3) is 5.91 Å². The van der Waals surface area contributed by atoms with Gasteiger partial charge in [0.1, 0.15) is 24.1 Å².